The van der Waals surface area contributed by atoms with E-state index in [4.69, 9.17) is 9.42 Å². The Hall–Kier alpha value is -1.96. The molecule has 0 fully saturated rings. The highest BCUT2D eigenvalue weighted by Crippen LogP contribution is 2.33. The van der Waals surface area contributed by atoms with Crippen LogP contribution in [-0.4, -0.2) is 4.89 Å². The molecule has 18 heavy (non-hydrogen) atoms. The minimum Gasteiger partial charge on any atom is -0.229 e. The van der Waals surface area contributed by atoms with E-state index >= 15 is 0 Å². The highest BCUT2D eigenvalue weighted by molar-refractivity contribution is 7.32. The Kier molecular flexibility index (Phi) is 2.71. The van der Waals surface area contributed by atoms with E-state index in [1.807, 2.05) is 48.5 Å². The third-order valence-electron chi connectivity index (χ3n) is 2.88. The predicted molar refractivity (Wildman–Crippen MR) is 71.9 cm³/mol. The van der Waals surface area contributed by atoms with Crippen molar-refractivity contribution in [1.29, 1.82) is 0 Å². The third-order valence-corrected chi connectivity index (χ3v) is 3.24. The average molecular weight is 257 g/mol. The van der Waals surface area contributed by atoms with E-state index in [2.05, 4.69) is 0 Å². The number of hydrogen-bond acceptors (Lipinski definition) is 2. The second-order valence-electron chi connectivity index (χ2n) is 4.01. The Morgan fingerprint density at radius 3 is 2.28 bits per heavy atom. The number of fused-ring (bicyclic) bond motifs is 2. The summed E-state index contributed by atoms with van der Waals surface area (Å²) in [5.41, 5.74) is 0. The predicted octanol–water partition coefficient (Wildman–Crippen LogP) is 4.02. The molecule has 0 saturated heterocycles. The van der Waals surface area contributed by atoms with Crippen molar-refractivity contribution < 1.29 is 14.0 Å². The monoisotopic (exact) mass is 257 g/mol. The molecule has 0 aromatic heterocycles. The van der Waals surface area contributed by atoms with Crippen molar-refractivity contribution in [3.8, 4) is 5.75 Å². The number of rotatable bonds is 2. The van der Waals surface area contributed by atoms with Crippen LogP contribution in [0.1, 0.15) is 0 Å². The molecule has 3 aromatic rings. The van der Waals surface area contributed by atoms with Crippen LogP contribution < -0.4 is 4.52 Å². The van der Waals surface area contributed by atoms with Crippen LogP contribution in [0.15, 0.2) is 54.6 Å². The summed E-state index contributed by atoms with van der Waals surface area (Å²) in [7, 11) is -2.64. The summed E-state index contributed by atoms with van der Waals surface area (Å²) < 4.78 is 15.7. The van der Waals surface area contributed by atoms with Gasteiger partial charge in [-0.1, -0.05) is 36.4 Å². The van der Waals surface area contributed by atoms with Crippen molar-refractivity contribution in [1.82, 2.24) is 0 Å². The summed E-state index contributed by atoms with van der Waals surface area (Å²) in [5, 5.41) is 4.04. The lowest BCUT2D eigenvalue weighted by Crippen LogP contribution is -1.83. The van der Waals surface area contributed by atoms with E-state index in [0.717, 1.165) is 21.5 Å². The van der Waals surface area contributed by atoms with Gasteiger partial charge in [-0.25, -0.2) is 4.52 Å². The van der Waals surface area contributed by atoms with Crippen LogP contribution >= 0.6 is 8.25 Å². The summed E-state index contributed by atoms with van der Waals surface area (Å²) in [6.07, 6.45) is 0. The molecule has 1 unspecified atom stereocenters. The van der Waals surface area contributed by atoms with Crippen molar-refractivity contribution in [2.45, 2.75) is 0 Å². The largest absolute Gasteiger partial charge is 0.747 e. The van der Waals surface area contributed by atoms with Crippen LogP contribution in [0.4, 0.5) is 0 Å². The Bertz CT molecular complexity index is 752. The molecule has 0 aliphatic rings. The maximum Gasteiger partial charge on any atom is 0.747 e. The zero-order valence-corrected chi connectivity index (χ0v) is 10.3. The Labute approximate surface area is 105 Å². The normalized spacial score (nSPS) is 11.7. The number of benzene rings is 3. The molecule has 3 rings (SSSR count). The molecule has 0 aliphatic carbocycles. The minimum absolute atomic E-state index is 0.432. The first-order chi connectivity index (χ1) is 8.74. The zero-order chi connectivity index (χ0) is 12.5. The van der Waals surface area contributed by atoms with Gasteiger partial charge in [-0.05, 0) is 34.4 Å². The van der Waals surface area contributed by atoms with Gasteiger partial charge in [-0.3, -0.25) is 0 Å². The third kappa shape index (κ3) is 1.94. The first-order valence-electron chi connectivity index (χ1n) is 5.50. The summed E-state index contributed by atoms with van der Waals surface area (Å²) in [5.74, 6) is 0.432. The fourth-order valence-electron chi connectivity index (χ4n) is 2.10. The van der Waals surface area contributed by atoms with Gasteiger partial charge in [0.1, 0.15) is 0 Å². The van der Waals surface area contributed by atoms with E-state index in [-0.39, 0.29) is 0 Å². The second-order valence-corrected chi connectivity index (χ2v) is 4.66. The molecular formula is C14H10O3P+. The molecule has 0 amide bonds. The smallest absolute Gasteiger partial charge is 0.229 e. The summed E-state index contributed by atoms with van der Waals surface area (Å²) >= 11 is 0. The van der Waals surface area contributed by atoms with E-state index in [1.165, 1.54) is 0 Å². The molecule has 0 radical (unpaired) electrons. The molecule has 1 N–H and O–H groups in total. The van der Waals surface area contributed by atoms with Crippen molar-refractivity contribution in [2.75, 3.05) is 0 Å². The van der Waals surface area contributed by atoms with Crippen LogP contribution in [-0.2, 0) is 4.57 Å². The molecule has 0 aliphatic heterocycles. The minimum atomic E-state index is -2.64. The van der Waals surface area contributed by atoms with Gasteiger partial charge in [0.2, 0.25) is 0 Å². The topological polar surface area (TPSA) is 46.5 Å². The molecule has 88 valence electrons. The molecule has 4 heteroatoms. The Morgan fingerprint density at radius 1 is 0.889 bits per heavy atom. The van der Waals surface area contributed by atoms with Gasteiger partial charge in [-0.15, -0.1) is 4.89 Å². The van der Waals surface area contributed by atoms with Gasteiger partial charge in [0, 0.05) is 9.95 Å². The average Bonchev–Trinajstić information content (AvgIpc) is 2.36. The highest BCUT2D eigenvalue weighted by atomic mass is 31.1. The van der Waals surface area contributed by atoms with Crippen molar-refractivity contribution in [2.24, 2.45) is 0 Å². The van der Waals surface area contributed by atoms with Gasteiger partial charge < -0.3 is 0 Å². The van der Waals surface area contributed by atoms with Gasteiger partial charge >= 0.3 is 8.25 Å². The lowest BCUT2D eigenvalue weighted by molar-refractivity contribution is 0.412. The Morgan fingerprint density at radius 2 is 1.56 bits per heavy atom. The lowest BCUT2D eigenvalue weighted by atomic mass is 10.0. The lowest BCUT2D eigenvalue weighted by Gasteiger charge is -2.03. The molecule has 0 saturated carbocycles. The molecule has 3 aromatic carbocycles. The standard InChI is InChI=1S/C14H9O3P/c15-18(16)17-14-7-3-6-12-8-10-4-1-2-5-11(10)9-13(12)14/h1-9H/p+1. The van der Waals surface area contributed by atoms with Crippen LogP contribution in [0.5, 0.6) is 5.75 Å². The van der Waals surface area contributed by atoms with Crippen molar-refractivity contribution >= 4 is 29.8 Å². The van der Waals surface area contributed by atoms with E-state index in [1.54, 1.807) is 6.07 Å². The zero-order valence-electron chi connectivity index (χ0n) is 9.41. The van der Waals surface area contributed by atoms with Gasteiger partial charge in [0.05, 0.1) is 0 Å². The maximum atomic E-state index is 10.8. The molecule has 0 bridgehead atoms. The molecule has 3 nitrogen and oxygen atoms in total. The fraction of sp³-hybridized carbons (Fsp3) is 0. The van der Waals surface area contributed by atoms with Gasteiger partial charge in [0.15, 0.2) is 5.75 Å². The summed E-state index contributed by atoms with van der Waals surface area (Å²) in [4.78, 5) is 8.87. The van der Waals surface area contributed by atoms with E-state index in [0.29, 0.717) is 5.75 Å². The number of hydrogen-bond donors (Lipinski definition) is 1. The first kappa shape index (κ1) is 11.1. The van der Waals surface area contributed by atoms with Crippen LogP contribution in [0.25, 0.3) is 21.5 Å². The second kappa shape index (κ2) is 4.37. The molecule has 0 spiro atoms. The van der Waals surface area contributed by atoms with E-state index < -0.39 is 8.25 Å². The Balaban J connectivity index is 2.32. The van der Waals surface area contributed by atoms with Gasteiger partial charge in [0.25, 0.3) is 0 Å². The van der Waals surface area contributed by atoms with E-state index in [9.17, 15) is 4.57 Å². The summed E-state index contributed by atoms with van der Waals surface area (Å²) in [6, 6.07) is 17.5. The summed E-state index contributed by atoms with van der Waals surface area (Å²) in [6.45, 7) is 0. The van der Waals surface area contributed by atoms with Crippen LogP contribution in [0, 0.1) is 0 Å². The quantitative estimate of drug-likeness (QED) is 0.557. The van der Waals surface area contributed by atoms with Crippen LogP contribution in [0.2, 0.25) is 0 Å². The highest BCUT2D eigenvalue weighted by Gasteiger charge is 2.16. The molecular weight excluding hydrogens is 247 g/mol. The first-order valence-corrected chi connectivity index (χ1v) is 6.63. The van der Waals surface area contributed by atoms with Gasteiger partial charge in [-0.2, -0.15) is 0 Å². The maximum absolute atomic E-state index is 10.8. The molecule has 0 heterocycles. The van der Waals surface area contributed by atoms with Crippen molar-refractivity contribution in [3.05, 3.63) is 54.6 Å². The fourth-order valence-corrected chi connectivity index (χ4v) is 2.43. The SMILES string of the molecule is O=[P+](O)Oc1cccc2cc3ccccc3cc12. The van der Waals surface area contributed by atoms with Crippen LogP contribution in [0.3, 0.4) is 0 Å². The molecule has 1 atom stereocenters. The van der Waals surface area contributed by atoms with Crippen molar-refractivity contribution in [3.63, 3.8) is 0 Å².